The van der Waals surface area contributed by atoms with E-state index in [-0.39, 0.29) is 5.69 Å². The first kappa shape index (κ1) is 15.3. The predicted octanol–water partition coefficient (Wildman–Crippen LogP) is 5.01. The maximum absolute atomic E-state index is 13.1. The molecule has 108 valence electrons. The molecule has 2 aromatic heterocycles. The number of thiazole rings is 1. The Kier molecular flexibility index (Phi) is 3.81. The maximum Gasteiger partial charge on any atom is 0.399 e. The van der Waals surface area contributed by atoms with Crippen LogP contribution in [-0.2, 0) is 5.41 Å². The normalized spacial score (nSPS) is 12.8. The molecule has 0 aliphatic carbocycles. The fourth-order valence-electron chi connectivity index (χ4n) is 1.69. The second-order valence-corrected chi connectivity index (χ2v) is 6.52. The van der Waals surface area contributed by atoms with Crippen molar-refractivity contribution in [2.75, 3.05) is 0 Å². The van der Waals surface area contributed by atoms with E-state index in [9.17, 15) is 13.2 Å². The average Bonchev–Trinajstić information content (AvgIpc) is 2.67. The van der Waals surface area contributed by atoms with Crippen molar-refractivity contribution < 1.29 is 13.2 Å². The number of aryl methyl sites for hydroxylation is 1. The van der Waals surface area contributed by atoms with Crippen molar-refractivity contribution in [2.24, 2.45) is 0 Å². The highest BCUT2D eigenvalue weighted by atomic mass is 35.5. The Hall–Kier alpha value is -1.14. The van der Waals surface area contributed by atoms with Gasteiger partial charge in [-0.2, -0.15) is 13.2 Å². The number of nitrogens with zero attached hydrogens (tertiary/aromatic N) is 2. The highest BCUT2D eigenvalue weighted by molar-refractivity contribution is 7.19. The van der Waals surface area contributed by atoms with E-state index in [1.54, 1.807) is 13.0 Å². The van der Waals surface area contributed by atoms with Gasteiger partial charge in [0.25, 0.3) is 0 Å². The minimum Gasteiger partial charge on any atom is -0.260 e. The van der Waals surface area contributed by atoms with Gasteiger partial charge in [-0.3, -0.25) is 4.98 Å². The van der Waals surface area contributed by atoms with Gasteiger partial charge in [0.05, 0.1) is 16.3 Å². The van der Waals surface area contributed by atoms with Gasteiger partial charge in [-0.25, -0.2) is 4.98 Å². The third-order valence-electron chi connectivity index (χ3n) is 3.14. The molecule has 7 heteroatoms. The zero-order valence-electron chi connectivity index (χ0n) is 11.0. The minimum absolute atomic E-state index is 0.0218. The number of aromatic nitrogens is 2. The van der Waals surface area contributed by atoms with Gasteiger partial charge in [-0.15, -0.1) is 11.3 Å². The van der Waals surface area contributed by atoms with Crippen molar-refractivity contribution >= 4 is 22.9 Å². The molecule has 0 N–H and O–H groups in total. The second-order valence-electron chi connectivity index (χ2n) is 4.93. The monoisotopic (exact) mass is 320 g/mol. The Bertz CT molecular complexity index is 635. The minimum atomic E-state index is -4.36. The van der Waals surface area contributed by atoms with Crippen LogP contribution in [0.5, 0.6) is 0 Å². The van der Waals surface area contributed by atoms with E-state index >= 15 is 0 Å². The van der Waals surface area contributed by atoms with Crippen LogP contribution in [0.3, 0.4) is 0 Å². The van der Waals surface area contributed by atoms with Crippen LogP contribution >= 0.6 is 22.9 Å². The van der Waals surface area contributed by atoms with Crippen LogP contribution in [0.15, 0.2) is 18.3 Å². The van der Waals surface area contributed by atoms with E-state index in [0.29, 0.717) is 15.7 Å². The van der Waals surface area contributed by atoms with Gasteiger partial charge in [0.2, 0.25) is 0 Å². The Balaban J connectivity index is 2.51. The zero-order chi connectivity index (χ0) is 15.1. The summed E-state index contributed by atoms with van der Waals surface area (Å²) in [6.07, 6.45) is -2.98. The fraction of sp³-hybridized carbons (Fsp3) is 0.385. The first-order valence-corrected chi connectivity index (χ1v) is 6.99. The molecule has 0 radical (unpaired) electrons. The molecule has 2 heterocycles. The Morgan fingerprint density at radius 1 is 1.25 bits per heavy atom. The van der Waals surface area contributed by atoms with Crippen LogP contribution < -0.4 is 0 Å². The van der Waals surface area contributed by atoms with E-state index in [1.807, 2.05) is 0 Å². The molecule has 0 aliphatic heterocycles. The molecule has 0 saturated heterocycles. The maximum atomic E-state index is 13.1. The summed E-state index contributed by atoms with van der Waals surface area (Å²) in [6, 6.07) is 3.11. The van der Waals surface area contributed by atoms with Crippen LogP contribution in [-0.4, -0.2) is 16.1 Å². The fourth-order valence-corrected chi connectivity index (χ4v) is 2.84. The number of rotatable bonds is 2. The quantitative estimate of drug-likeness (QED) is 0.777. The molecule has 0 saturated carbocycles. The van der Waals surface area contributed by atoms with Gasteiger partial charge in [0, 0.05) is 6.20 Å². The topological polar surface area (TPSA) is 25.8 Å². The summed E-state index contributed by atoms with van der Waals surface area (Å²) in [4.78, 5) is 8.70. The zero-order valence-corrected chi connectivity index (χ0v) is 12.6. The largest absolute Gasteiger partial charge is 0.399 e. The molecule has 0 aliphatic rings. The molecule has 0 bridgehead atoms. The summed E-state index contributed by atoms with van der Waals surface area (Å²) in [5.41, 5.74) is -0.687. The summed E-state index contributed by atoms with van der Waals surface area (Å²) in [5, 5.41) is 0. The molecule has 0 fully saturated rings. The van der Waals surface area contributed by atoms with Crippen LogP contribution in [0, 0.1) is 6.92 Å². The molecule has 0 amide bonds. The molecule has 0 spiro atoms. The summed E-state index contributed by atoms with van der Waals surface area (Å²) >= 11 is 7.07. The summed E-state index contributed by atoms with van der Waals surface area (Å²) in [5.74, 6) is 0. The van der Waals surface area contributed by atoms with Gasteiger partial charge in [0.15, 0.2) is 4.47 Å². The van der Waals surface area contributed by atoms with E-state index < -0.39 is 11.6 Å². The molecular weight excluding hydrogens is 309 g/mol. The van der Waals surface area contributed by atoms with Gasteiger partial charge < -0.3 is 0 Å². The van der Waals surface area contributed by atoms with Gasteiger partial charge >= 0.3 is 6.18 Å². The Morgan fingerprint density at radius 3 is 2.40 bits per heavy atom. The smallest absolute Gasteiger partial charge is 0.260 e. The highest BCUT2D eigenvalue weighted by Crippen LogP contribution is 2.41. The number of hydrogen-bond donors (Lipinski definition) is 0. The second kappa shape index (κ2) is 5.00. The molecule has 0 unspecified atom stereocenters. The van der Waals surface area contributed by atoms with Crippen molar-refractivity contribution in [3.63, 3.8) is 0 Å². The number of halogens is 4. The summed E-state index contributed by atoms with van der Waals surface area (Å²) in [6.45, 7) is 4.00. The highest BCUT2D eigenvalue weighted by Gasteiger charge is 2.49. The third kappa shape index (κ3) is 2.67. The summed E-state index contributed by atoms with van der Waals surface area (Å²) in [7, 11) is 0. The third-order valence-corrected chi connectivity index (χ3v) is 4.45. The van der Waals surface area contributed by atoms with Gasteiger partial charge in [-0.1, -0.05) is 11.6 Å². The first-order chi connectivity index (χ1) is 9.13. The van der Waals surface area contributed by atoms with Crippen molar-refractivity contribution in [1.82, 2.24) is 9.97 Å². The molecule has 2 aromatic rings. The van der Waals surface area contributed by atoms with E-state index in [2.05, 4.69) is 9.97 Å². The first-order valence-electron chi connectivity index (χ1n) is 5.79. The lowest BCUT2D eigenvalue weighted by atomic mass is 9.87. The van der Waals surface area contributed by atoms with Crippen LogP contribution in [0.1, 0.15) is 25.2 Å². The van der Waals surface area contributed by atoms with Crippen molar-refractivity contribution in [3.05, 3.63) is 34.2 Å². The Labute approximate surface area is 123 Å². The standard InChI is InChI=1S/C13H12ClF3N2S/c1-7-10(20-11(14)19-7)8-4-5-18-9(6-8)12(2,3)13(15,16)17/h4-6H,1-3H3. The molecule has 2 nitrogen and oxygen atoms in total. The van der Waals surface area contributed by atoms with Gasteiger partial charge in [-0.05, 0) is 38.5 Å². The van der Waals surface area contributed by atoms with E-state index in [4.69, 9.17) is 11.6 Å². The van der Waals surface area contributed by atoms with E-state index in [1.165, 1.54) is 23.6 Å². The van der Waals surface area contributed by atoms with Crippen molar-refractivity contribution in [3.8, 4) is 10.4 Å². The lowest BCUT2D eigenvalue weighted by molar-refractivity contribution is -0.181. The molecule has 0 aromatic carbocycles. The number of hydrogen-bond acceptors (Lipinski definition) is 3. The average molecular weight is 321 g/mol. The predicted molar refractivity (Wildman–Crippen MR) is 74.2 cm³/mol. The number of pyridine rings is 1. The lowest BCUT2D eigenvalue weighted by Crippen LogP contribution is -2.37. The van der Waals surface area contributed by atoms with Crippen LogP contribution in [0.4, 0.5) is 13.2 Å². The molecule has 20 heavy (non-hydrogen) atoms. The van der Waals surface area contributed by atoms with E-state index in [0.717, 1.165) is 18.7 Å². The van der Waals surface area contributed by atoms with Crippen molar-refractivity contribution in [1.29, 1.82) is 0 Å². The van der Waals surface area contributed by atoms with Crippen LogP contribution in [0.2, 0.25) is 4.47 Å². The molecule has 0 atom stereocenters. The van der Waals surface area contributed by atoms with Crippen molar-refractivity contribution in [2.45, 2.75) is 32.4 Å². The number of alkyl halides is 3. The lowest BCUT2D eigenvalue weighted by Gasteiger charge is -2.27. The SMILES string of the molecule is Cc1nc(Cl)sc1-c1ccnc(C(C)(C)C(F)(F)F)c1. The van der Waals surface area contributed by atoms with Crippen LogP contribution in [0.25, 0.3) is 10.4 Å². The molecule has 2 rings (SSSR count). The summed E-state index contributed by atoms with van der Waals surface area (Å²) < 4.78 is 39.6. The Morgan fingerprint density at radius 2 is 1.90 bits per heavy atom. The van der Waals surface area contributed by atoms with Gasteiger partial charge in [0.1, 0.15) is 5.41 Å². The molecular formula is C13H12ClF3N2S.